The van der Waals surface area contributed by atoms with E-state index in [0.29, 0.717) is 27.9 Å². The third kappa shape index (κ3) is 4.65. The van der Waals surface area contributed by atoms with Gasteiger partial charge in [-0.25, -0.2) is 0 Å². The van der Waals surface area contributed by atoms with Crippen molar-refractivity contribution in [1.82, 2.24) is 4.98 Å². The van der Waals surface area contributed by atoms with Crippen LogP contribution < -0.4 is 11.5 Å². The van der Waals surface area contributed by atoms with Crippen molar-refractivity contribution in [3.8, 4) is 0 Å². The van der Waals surface area contributed by atoms with Crippen LogP contribution in [0.25, 0.3) is 21.9 Å². The molecule has 4 aromatic rings. The third-order valence-corrected chi connectivity index (χ3v) is 4.90. The smallest absolute Gasteiger partial charge is 0.314 e. The van der Waals surface area contributed by atoms with Crippen molar-refractivity contribution in [2.24, 2.45) is 11.5 Å². The summed E-state index contributed by atoms with van der Waals surface area (Å²) in [4.78, 5) is 15.1. The number of furan rings is 1. The Morgan fingerprint density at radius 2 is 1.61 bits per heavy atom. The zero-order valence-corrected chi connectivity index (χ0v) is 17.8. The molecule has 0 fully saturated rings. The van der Waals surface area contributed by atoms with Gasteiger partial charge in [0.2, 0.25) is 0 Å². The summed E-state index contributed by atoms with van der Waals surface area (Å²) in [5.74, 6) is -1.65. The van der Waals surface area contributed by atoms with E-state index in [1.54, 1.807) is 36.4 Å². The molecule has 0 aliphatic heterocycles. The van der Waals surface area contributed by atoms with Gasteiger partial charge in [-0.05, 0) is 41.8 Å². The molecular formula is C21H21Cl2N5O3. The predicted octanol–water partition coefficient (Wildman–Crippen LogP) is 3.74. The van der Waals surface area contributed by atoms with Crippen LogP contribution in [-0.4, -0.2) is 27.7 Å². The van der Waals surface area contributed by atoms with Crippen LogP contribution in [0.4, 0.5) is 0 Å². The summed E-state index contributed by atoms with van der Waals surface area (Å²) in [5, 5.41) is 26.5. The monoisotopic (exact) mass is 461 g/mol. The maximum Gasteiger partial charge on any atom is 0.314 e. The number of nitrogens with two attached hydrogens (primary N) is 2. The average molecular weight is 462 g/mol. The van der Waals surface area contributed by atoms with Crippen LogP contribution in [0.5, 0.6) is 0 Å². The van der Waals surface area contributed by atoms with Gasteiger partial charge in [-0.15, -0.1) is 24.8 Å². The summed E-state index contributed by atoms with van der Waals surface area (Å²) >= 11 is 0. The van der Waals surface area contributed by atoms with E-state index >= 15 is 0 Å². The highest BCUT2D eigenvalue weighted by molar-refractivity contribution is 5.99. The Morgan fingerprint density at radius 3 is 2.26 bits per heavy atom. The number of benzene rings is 2. The fourth-order valence-corrected chi connectivity index (χ4v) is 3.40. The average Bonchev–Trinajstić information content (AvgIpc) is 3.27. The van der Waals surface area contributed by atoms with Crippen molar-refractivity contribution in [3.05, 3.63) is 71.1 Å². The third-order valence-electron chi connectivity index (χ3n) is 4.90. The minimum atomic E-state index is -1.00. The van der Waals surface area contributed by atoms with E-state index in [-0.39, 0.29) is 42.9 Å². The van der Waals surface area contributed by atoms with E-state index in [0.717, 1.165) is 16.6 Å². The molecule has 31 heavy (non-hydrogen) atoms. The molecule has 2 heterocycles. The summed E-state index contributed by atoms with van der Waals surface area (Å²) in [6.07, 6.45) is 0.207. The van der Waals surface area contributed by atoms with Gasteiger partial charge >= 0.3 is 5.97 Å². The Balaban J connectivity index is 0.00000171. The molecule has 4 rings (SSSR count). The fourth-order valence-electron chi connectivity index (χ4n) is 3.40. The minimum absolute atomic E-state index is 0. The zero-order valence-electron chi connectivity index (χ0n) is 16.1. The molecule has 1 atom stereocenters. The SMILES string of the molecule is Cl.Cl.N=C(N)c1ccc2oc(C(Cc3cc4ccc(C(=N)N)cc4[nH]3)C(=O)O)cc2c1. The predicted molar refractivity (Wildman–Crippen MR) is 125 cm³/mol. The van der Waals surface area contributed by atoms with E-state index < -0.39 is 11.9 Å². The first-order valence-electron chi connectivity index (χ1n) is 8.88. The highest BCUT2D eigenvalue weighted by atomic mass is 35.5. The van der Waals surface area contributed by atoms with Gasteiger partial charge in [-0.1, -0.05) is 12.1 Å². The molecule has 0 radical (unpaired) electrons. The Morgan fingerprint density at radius 1 is 0.968 bits per heavy atom. The topological polar surface area (TPSA) is 166 Å². The summed E-state index contributed by atoms with van der Waals surface area (Å²) in [6, 6.07) is 14.0. The van der Waals surface area contributed by atoms with Crippen LogP contribution in [0.3, 0.4) is 0 Å². The normalized spacial score (nSPS) is 11.5. The lowest BCUT2D eigenvalue weighted by Gasteiger charge is -2.08. The number of aromatic amines is 1. The van der Waals surface area contributed by atoms with Gasteiger partial charge in [0.15, 0.2) is 0 Å². The summed E-state index contributed by atoms with van der Waals surface area (Å²) in [7, 11) is 0. The Kier molecular flexibility index (Phi) is 6.99. The molecule has 0 saturated carbocycles. The number of carbonyl (C=O) groups is 1. The number of nitrogen functional groups attached to an aromatic ring is 2. The van der Waals surface area contributed by atoms with E-state index in [9.17, 15) is 9.90 Å². The van der Waals surface area contributed by atoms with Gasteiger partial charge in [0, 0.05) is 34.1 Å². The number of fused-ring (bicyclic) bond motifs is 2. The number of H-pyrrole nitrogens is 1. The molecule has 10 heteroatoms. The van der Waals surface area contributed by atoms with Crippen molar-refractivity contribution in [2.45, 2.75) is 12.3 Å². The van der Waals surface area contributed by atoms with Crippen LogP contribution in [0, 0.1) is 10.8 Å². The van der Waals surface area contributed by atoms with Crippen LogP contribution in [0.1, 0.15) is 28.5 Å². The summed E-state index contributed by atoms with van der Waals surface area (Å²) in [5.41, 5.74) is 14.3. The molecule has 0 aliphatic carbocycles. The zero-order chi connectivity index (χ0) is 20.7. The Labute approximate surface area is 189 Å². The quantitative estimate of drug-likeness (QED) is 0.189. The van der Waals surface area contributed by atoms with E-state index in [1.807, 2.05) is 12.1 Å². The van der Waals surface area contributed by atoms with Gasteiger partial charge in [0.05, 0.1) is 0 Å². The number of carboxylic acids is 1. The molecule has 8 nitrogen and oxygen atoms in total. The lowest BCUT2D eigenvalue weighted by molar-refractivity contribution is -0.139. The largest absolute Gasteiger partial charge is 0.481 e. The van der Waals surface area contributed by atoms with E-state index in [4.69, 9.17) is 26.7 Å². The van der Waals surface area contributed by atoms with Crippen molar-refractivity contribution < 1.29 is 14.3 Å². The lowest BCUT2D eigenvalue weighted by atomic mass is 10.00. The second-order valence-corrected chi connectivity index (χ2v) is 6.92. The summed E-state index contributed by atoms with van der Waals surface area (Å²) in [6.45, 7) is 0. The minimum Gasteiger partial charge on any atom is -0.481 e. The molecule has 2 aromatic carbocycles. The van der Waals surface area contributed by atoms with Crippen LogP contribution in [-0.2, 0) is 11.2 Å². The summed E-state index contributed by atoms with van der Waals surface area (Å²) < 4.78 is 5.77. The van der Waals surface area contributed by atoms with Gasteiger partial charge in [0.1, 0.15) is 28.9 Å². The second-order valence-electron chi connectivity index (χ2n) is 6.92. The highest BCUT2D eigenvalue weighted by Gasteiger charge is 2.25. The van der Waals surface area contributed by atoms with Gasteiger partial charge in [0.25, 0.3) is 0 Å². The van der Waals surface area contributed by atoms with Crippen LogP contribution >= 0.6 is 24.8 Å². The maximum absolute atomic E-state index is 11.9. The first-order chi connectivity index (χ1) is 13.8. The number of halogens is 2. The number of amidine groups is 2. The number of hydrogen-bond acceptors (Lipinski definition) is 4. The highest BCUT2D eigenvalue weighted by Crippen LogP contribution is 2.29. The van der Waals surface area contributed by atoms with Gasteiger partial charge < -0.3 is 26.0 Å². The van der Waals surface area contributed by atoms with Gasteiger partial charge in [-0.3, -0.25) is 15.6 Å². The molecule has 0 saturated heterocycles. The molecule has 0 spiro atoms. The van der Waals surface area contributed by atoms with Crippen molar-refractivity contribution >= 4 is 64.3 Å². The van der Waals surface area contributed by atoms with Crippen molar-refractivity contribution in [2.75, 3.05) is 0 Å². The maximum atomic E-state index is 11.9. The molecule has 0 amide bonds. The van der Waals surface area contributed by atoms with Crippen molar-refractivity contribution in [1.29, 1.82) is 10.8 Å². The Hall–Kier alpha value is -3.49. The molecule has 1 unspecified atom stereocenters. The molecule has 0 aliphatic rings. The number of rotatable bonds is 6. The standard InChI is InChI=1S/C21H19N5O3.2ClH/c22-19(23)11-3-4-17-13(5-11)8-18(29-17)15(21(27)28)9-14-6-10-1-2-12(20(24)25)7-16(10)26-14;;/h1-8,15,26H,9H2,(H3,22,23)(H3,24,25)(H,27,28);2*1H. The second kappa shape index (κ2) is 9.11. The number of hydrogen-bond donors (Lipinski definition) is 6. The molecular weight excluding hydrogens is 441 g/mol. The molecule has 2 aromatic heterocycles. The van der Waals surface area contributed by atoms with E-state index in [1.165, 1.54) is 0 Å². The van der Waals surface area contributed by atoms with Crippen LogP contribution in [0.2, 0.25) is 0 Å². The Bertz CT molecular complexity index is 1290. The van der Waals surface area contributed by atoms with Gasteiger partial charge in [-0.2, -0.15) is 0 Å². The van der Waals surface area contributed by atoms with E-state index in [2.05, 4.69) is 4.98 Å². The lowest BCUT2D eigenvalue weighted by Crippen LogP contribution is -2.14. The first kappa shape index (κ1) is 23.8. The first-order valence-corrected chi connectivity index (χ1v) is 8.88. The fraction of sp³-hybridized carbons (Fsp3) is 0.0952. The number of carboxylic acid groups (broad SMARTS) is 1. The molecule has 162 valence electrons. The number of nitrogens with one attached hydrogen (secondary N) is 3. The van der Waals surface area contributed by atoms with Crippen molar-refractivity contribution in [3.63, 3.8) is 0 Å². The van der Waals surface area contributed by atoms with Crippen LogP contribution in [0.15, 0.2) is 52.9 Å². The number of aromatic nitrogens is 1. The molecule has 8 N–H and O–H groups in total. The molecule has 0 bridgehead atoms. The number of aliphatic carboxylic acids is 1.